The first-order valence-corrected chi connectivity index (χ1v) is 11.0. The van der Waals surface area contributed by atoms with Gasteiger partial charge in [0.2, 0.25) is 5.91 Å². The molecule has 0 saturated carbocycles. The molecule has 1 aromatic heterocycles. The average Bonchev–Trinajstić information content (AvgIpc) is 3.20. The van der Waals surface area contributed by atoms with Gasteiger partial charge >= 0.3 is 0 Å². The molecule has 0 aliphatic heterocycles. The standard InChI is InChI=1S/C22H21ClN4O4S/c1-12(2)19(25-20(28)15-6-4-5-7-16(15)23)21(29)26-22-24-17(11-32-22)14-9-8-13(3)18(10-14)27(30)31/h4-12,19H,1-3H3,(H,25,28)(H,24,26,29)/t19-/m0/s1. The van der Waals surface area contributed by atoms with E-state index >= 15 is 0 Å². The van der Waals surface area contributed by atoms with Gasteiger partial charge < -0.3 is 10.6 Å². The van der Waals surface area contributed by atoms with Crippen molar-refractivity contribution < 1.29 is 14.5 Å². The van der Waals surface area contributed by atoms with E-state index in [1.54, 1.807) is 48.7 Å². The van der Waals surface area contributed by atoms with Crippen molar-refractivity contribution in [3.8, 4) is 11.3 Å². The predicted octanol–water partition coefficient (Wildman–Crippen LogP) is 5.07. The number of hydrogen-bond acceptors (Lipinski definition) is 6. The normalized spacial score (nSPS) is 11.8. The van der Waals surface area contributed by atoms with Crippen molar-refractivity contribution >= 4 is 45.6 Å². The third-order valence-corrected chi connectivity index (χ3v) is 5.88. The first-order chi connectivity index (χ1) is 15.2. The van der Waals surface area contributed by atoms with Crippen LogP contribution < -0.4 is 10.6 Å². The molecule has 8 nitrogen and oxygen atoms in total. The zero-order valence-electron chi connectivity index (χ0n) is 17.6. The minimum Gasteiger partial charge on any atom is -0.340 e. The second kappa shape index (κ2) is 9.88. The Morgan fingerprint density at radius 2 is 1.91 bits per heavy atom. The summed E-state index contributed by atoms with van der Waals surface area (Å²) in [7, 11) is 0. The predicted molar refractivity (Wildman–Crippen MR) is 125 cm³/mol. The van der Waals surface area contributed by atoms with Gasteiger partial charge in [0.15, 0.2) is 5.13 Å². The minimum absolute atomic E-state index is 0.00300. The molecule has 1 heterocycles. The highest BCUT2D eigenvalue weighted by molar-refractivity contribution is 7.14. The molecule has 3 rings (SSSR count). The number of thiazole rings is 1. The number of carbonyl (C=O) groups is 2. The number of anilines is 1. The largest absolute Gasteiger partial charge is 0.340 e. The first-order valence-electron chi connectivity index (χ1n) is 9.74. The van der Waals surface area contributed by atoms with E-state index in [0.717, 1.165) is 0 Å². The molecule has 2 aromatic carbocycles. The van der Waals surface area contributed by atoms with Gasteiger partial charge in [-0.25, -0.2) is 4.98 Å². The van der Waals surface area contributed by atoms with E-state index in [2.05, 4.69) is 15.6 Å². The molecule has 2 amide bonds. The van der Waals surface area contributed by atoms with E-state index in [1.165, 1.54) is 17.4 Å². The second-order valence-corrected chi connectivity index (χ2v) is 8.73. The number of carbonyl (C=O) groups excluding carboxylic acids is 2. The van der Waals surface area contributed by atoms with Gasteiger partial charge in [-0.15, -0.1) is 11.3 Å². The number of aryl methyl sites for hydroxylation is 1. The summed E-state index contributed by atoms with van der Waals surface area (Å²) < 4.78 is 0. The molecule has 1 atom stereocenters. The molecule has 0 bridgehead atoms. The number of hydrogen-bond donors (Lipinski definition) is 2. The lowest BCUT2D eigenvalue weighted by Gasteiger charge is -2.21. The van der Waals surface area contributed by atoms with Crippen molar-refractivity contribution in [1.82, 2.24) is 10.3 Å². The number of amides is 2. The number of nitro groups is 1. The molecular formula is C22H21ClN4O4S. The number of halogens is 1. The highest BCUT2D eigenvalue weighted by atomic mass is 35.5. The second-order valence-electron chi connectivity index (χ2n) is 7.46. The first kappa shape index (κ1) is 23.4. The summed E-state index contributed by atoms with van der Waals surface area (Å²) in [4.78, 5) is 40.6. The molecule has 0 aliphatic rings. The smallest absolute Gasteiger partial charge is 0.272 e. The number of rotatable bonds is 7. The summed E-state index contributed by atoms with van der Waals surface area (Å²) in [5.74, 6) is -1.06. The Morgan fingerprint density at radius 1 is 1.19 bits per heavy atom. The number of nitrogens with zero attached hydrogens (tertiary/aromatic N) is 2. The van der Waals surface area contributed by atoms with E-state index in [1.807, 2.05) is 13.8 Å². The Morgan fingerprint density at radius 3 is 2.56 bits per heavy atom. The zero-order valence-corrected chi connectivity index (χ0v) is 19.2. The molecule has 0 saturated heterocycles. The molecule has 2 N–H and O–H groups in total. The van der Waals surface area contributed by atoms with Crippen LogP contribution in [0.2, 0.25) is 5.02 Å². The molecule has 32 heavy (non-hydrogen) atoms. The maximum Gasteiger partial charge on any atom is 0.272 e. The van der Waals surface area contributed by atoms with Crippen molar-refractivity contribution in [2.24, 2.45) is 5.92 Å². The SMILES string of the molecule is Cc1ccc(-c2csc(NC(=O)[C@@H](NC(=O)c3ccccc3Cl)C(C)C)n2)cc1[N+](=O)[O-]. The maximum absolute atomic E-state index is 12.9. The van der Waals surface area contributed by atoms with E-state index in [4.69, 9.17) is 11.6 Å². The topological polar surface area (TPSA) is 114 Å². The fourth-order valence-corrected chi connectivity index (χ4v) is 3.96. The molecule has 0 unspecified atom stereocenters. The number of benzene rings is 2. The fourth-order valence-electron chi connectivity index (χ4n) is 3.01. The van der Waals surface area contributed by atoms with Crippen LogP contribution in [-0.2, 0) is 4.79 Å². The third-order valence-electron chi connectivity index (χ3n) is 4.79. The van der Waals surface area contributed by atoms with Crippen LogP contribution >= 0.6 is 22.9 Å². The highest BCUT2D eigenvalue weighted by Crippen LogP contribution is 2.29. The molecule has 0 radical (unpaired) electrons. The Bertz CT molecular complexity index is 1180. The van der Waals surface area contributed by atoms with Crippen LogP contribution in [0, 0.1) is 23.0 Å². The molecule has 10 heteroatoms. The van der Waals surface area contributed by atoms with E-state index in [0.29, 0.717) is 27.0 Å². The molecule has 166 valence electrons. The van der Waals surface area contributed by atoms with Gasteiger partial charge in [0, 0.05) is 22.6 Å². The molecule has 3 aromatic rings. The van der Waals surface area contributed by atoms with Gasteiger partial charge in [-0.1, -0.05) is 49.7 Å². The number of nitro benzene ring substituents is 1. The number of nitrogens with one attached hydrogen (secondary N) is 2. The summed E-state index contributed by atoms with van der Waals surface area (Å²) in [6.45, 7) is 5.29. The van der Waals surface area contributed by atoms with Crippen LogP contribution in [-0.4, -0.2) is 27.8 Å². The van der Waals surface area contributed by atoms with Gasteiger partial charge in [0.05, 0.1) is 21.2 Å². The van der Waals surface area contributed by atoms with Crippen molar-refractivity contribution in [3.63, 3.8) is 0 Å². The van der Waals surface area contributed by atoms with Gasteiger partial charge in [-0.05, 0) is 25.0 Å². The fraction of sp³-hybridized carbons (Fsp3) is 0.227. The van der Waals surface area contributed by atoms with Gasteiger partial charge in [0.25, 0.3) is 11.6 Å². The van der Waals surface area contributed by atoms with Crippen LogP contribution in [0.3, 0.4) is 0 Å². The molecule has 0 aliphatic carbocycles. The van der Waals surface area contributed by atoms with Gasteiger partial charge in [0.1, 0.15) is 6.04 Å². The van der Waals surface area contributed by atoms with Crippen molar-refractivity contribution in [2.75, 3.05) is 5.32 Å². The van der Waals surface area contributed by atoms with Crippen molar-refractivity contribution in [2.45, 2.75) is 26.8 Å². The summed E-state index contributed by atoms with van der Waals surface area (Å²) in [6, 6.07) is 10.6. The minimum atomic E-state index is -0.813. The van der Waals surface area contributed by atoms with Gasteiger partial charge in [-0.3, -0.25) is 19.7 Å². The highest BCUT2D eigenvalue weighted by Gasteiger charge is 2.26. The summed E-state index contributed by atoms with van der Waals surface area (Å²) in [5.41, 5.74) is 1.92. The summed E-state index contributed by atoms with van der Waals surface area (Å²) in [6.07, 6.45) is 0. The van der Waals surface area contributed by atoms with E-state index in [-0.39, 0.29) is 17.2 Å². The zero-order chi connectivity index (χ0) is 23.4. The Hall–Kier alpha value is -3.30. The van der Waals surface area contributed by atoms with Crippen LogP contribution in [0.25, 0.3) is 11.3 Å². The van der Waals surface area contributed by atoms with Crippen LogP contribution in [0.1, 0.15) is 29.8 Å². The van der Waals surface area contributed by atoms with Crippen molar-refractivity contribution in [1.29, 1.82) is 0 Å². The van der Waals surface area contributed by atoms with Crippen LogP contribution in [0.5, 0.6) is 0 Å². The monoisotopic (exact) mass is 472 g/mol. The lowest BCUT2D eigenvalue weighted by molar-refractivity contribution is -0.385. The summed E-state index contributed by atoms with van der Waals surface area (Å²) >= 11 is 7.27. The Kier molecular flexibility index (Phi) is 7.22. The lowest BCUT2D eigenvalue weighted by atomic mass is 10.0. The Balaban J connectivity index is 1.75. The third kappa shape index (κ3) is 5.30. The average molecular weight is 473 g/mol. The van der Waals surface area contributed by atoms with Crippen LogP contribution in [0.4, 0.5) is 10.8 Å². The lowest BCUT2D eigenvalue weighted by Crippen LogP contribution is -2.47. The van der Waals surface area contributed by atoms with Crippen LogP contribution in [0.15, 0.2) is 47.8 Å². The van der Waals surface area contributed by atoms with E-state index < -0.39 is 22.8 Å². The number of aromatic nitrogens is 1. The maximum atomic E-state index is 12.9. The summed E-state index contributed by atoms with van der Waals surface area (Å²) in [5, 5.41) is 19.0. The molecule has 0 spiro atoms. The van der Waals surface area contributed by atoms with Gasteiger partial charge in [-0.2, -0.15) is 0 Å². The molecule has 0 fully saturated rings. The molecular weight excluding hydrogens is 452 g/mol. The van der Waals surface area contributed by atoms with E-state index in [9.17, 15) is 19.7 Å². The quantitative estimate of drug-likeness (QED) is 0.368. The van der Waals surface area contributed by atoms with Crippen molar-refractivity contribution in [3.05, 3.63) is 74.1 Å². The Labute approximate surface area is 193 Å².